The summed E-state index contributed by atoms with van der Waals surface area (Å²) in [6.07, 6.45) is 2.01. The van der Waals surface area contributed by atoms with Crippen LogP contribution in [0.2, 0.25) is 0 Å². The van der Waals surface area contributed by atoms with Gasteiger partial charge in [0.2, 0.25) is 0 Å². The second kappa shape index (κ2) is 3.76. The van der Waals surface area contributed by atoms with Crippen LogP contribution >= 0.6 is 0 Å². The van der Waals surface area contributed by atoms with E-state index in [1.165, 1.54) is 12.1 Å². The molecule has 1 aliphatic carbocycles. The molecule has 18 heavy (non-hydrogen) atoms. The lowest BCUT2D eigenvalue weighted by atomic mass is 10.1. The van der Waals surface area contributed by atoms with Crippen LogP contribution in [-0.2, 0) is 31.5 Å². The molecular weight excluding hydrogens is 259 g/mol. The van der Waals surface area contributed by atoms with Crippen LogP contribution in [0.15, 0.2) is 17.0 Å². The summed E-state index contributed by atoms with van der Waals surface area (Å²) < 4.78 is 48.5. The second-order valence-electron chi connectivity index (χ2n) is 4.62. The van der Waals surface area contributed by atoms with E-state index in [0.29, 0.717) is 37.2 Å². The summed E-state index contributed by atoms with van der Waals surface area (Å²) in [4.78, 5) is 0.110. The fourth-order valence-corrected chi connectivity index (χ4v) is 3.69. The lowest BCUT2D eigenvalue weighted by molar-refractivity contribution is -0.164. The van der Waals surface area contributed by atoms with Gasteiger partial charge in [0.05, 0.1) is 18.1 Å². The molecule has 98 valence electrons. The summed E-state index contributed by atoms with van der Waals surface area (Å²) in [5.74, 6) is -1.45. The Hall–Kier alpha value is -0.980. The van der Waals surface area contributed by atoms with Crippen molar-refractivity contribution in [3.05, 3.63) is 29.1 Å². The first-order chi connectivity index (χ1) is 8.44. The maximum Gasteiger partial charge on any atom is 0.196 e. The third-order valence-electron chi connectivity index (χ3n) is 3.46. The standard InChI is InChI=1S/C12H13FO4S/c1-18(14,15)10-3-2-9(13)8-4-5-12(11(8)10)16-6-7-17-12/h2-3H,4-7H2,1H3. The number of hydrogen-bond acceptors (Lipinski definition) is 4. The Bertz CT molecular complexity index is 603. The van der Waals surface area contributed by atoms with Gasteiger partial charge in [-0.05, 0) is 24.1 Å². The number of ether oxygens (including phenoxy) is 2. The van der Waals surface area contributed by atoms with E-state index in [0.717, 1.165) is 6.26 Å². The van der Waals surface area contributed by atoms with Crippen LogP contribution in [0, 0.1) is 5.82 Å². The highest BCUT2D eigenvalue weighted by Gasteiger charge is 2.48. The average Bonchev–Trinajstić information content (AvgIpc) is 2.88. The summed E-state index contributed by atoms with van der Waals surface area (Å²) >= 11 is 0. The van der Waals surface area contributed by atoms with Crippen LogP contribution in [0.3, 0.4) is 0 Å². The Morgan fingerprint density at radius 3 is 2.56 bits per heavy atom. The van der Waals surface area contributed by atoms with Crippen LogP contribution in [0.4, 0.5) is 4.39 Å². The summed E-state index contributed by atoms with van der Waals surface area (Å²) in [6.45, 7) is 0.804. The van der Waals surface area contributed by atoms with E-state index in [1.807, 2.05) is 0 Å². The molecule has 0 bridgehead atoms. The van der Waals surface area contributed by atoms with E-state index < -0.39 is 21.4 Å². The van der Waals surface area contributed by atoms with E-state index in [9.17, 15) is 12.8 Å². The van der Waals surface area contributed by atoms with Crippen molar-refractivity contribution in [2.45, 2.75) is 23.5 Å². The Morgan fingerprint density at radius 1 is 1.28 bits per heavy atom. The predicted octanol–water partition coefficient (Wildman–Crippen LogP) is 1.38. The molecule has 6 heteroatoms. The molecular formula is C12H13FO4S. The first-order valence-electron chi connectivity index (χ1n) is 5.74. The lowest BCUT2D eigenvalue weighted by Gasteiger charge is -2.24. The number of benzene rings is 1. The van der Waals surface area contributed by atoms with Crippen molar-refractivity contribution >= 4 is 9.84 Å². The van der Waals surface area contributed by atoms with Crippen molar-refractivity contribution in [3.63, 3.8) is 0 Å². The Kier molecular flexibility index (Phi) is 2.52. The van der Waals surface area contributed by atoms with E-state index in [4.69, 9.17) is 9.47 Å². The zero-order valence-corrected chi connectivity index (χ0v) is 10.7. The van der Waals surface area contributed by atoms with Gasteiger partial charge in [0, 0.05) is 18.2 Å². The molecule has 1 fully saturated rings. The maximum absolute atomic E-state index is 13.8. The predicted molar refractivity (Wildman–Crippen MR) is 61.4 cm³/mol. The number of rotatable bonds is 1. The van der Waals surface area contributed by atoms with Crippen LogP contribution in [0.1, 0.15) is 17.5 Å². The average molecular weight is 272 g/mol. The molecule has 4 nitrogen and oxygen atoms in total. The zero-order valence-electron chi connectivity index (χ0n) is 9.90. The minimum Gasteiger partial charge on any atom is -0.343 e. The molecule has 0 radical (unpaired) electrons. The zero-order chi connectivity index (χ0) is 13.0. The van der Waals surface area contributed by atoms with Gasteiger partial charge in [-0.2, -0.15) is 0 Å². The summed E-state index contributed by atoms with van der Waals surface area (Å²) in [6, 6.07) is 2.49. The second-order valence-corrected chi connectivity index (χ2v) is 6.61. The largest absolute Gasteiger partial charge is 0.343 e. The minimum atomic E-state index is -3.43. The van der Waals surface area contributed by atoms with E-state index in [1.54, 1.807) is 0 Å². The number of halogens is 1. The van der Waals surface area contributed by atoms with Crippen LogP contribution in [0.25, 0.3) is 0 Å². The van der Waals surface area contributed by atoms with Gasteiger partial charge >= 0.3 is 0 Å². The Labute approximate surface area is 105 Å². The van der Waals surface area contributed by atoms with Crippen molar-refractivity contribution in [2.24, 2.45) is 0 Å². The SMILES string of the molecule is CS(=O)(=O)c1ccc(F)c2c1C1(CC2)OCCO1. The molecule has 0 atom stereocenters. The molecule has 1 saturated heterocycles. The van der Waals surface area contributed by atoms with Gasteiger partial charge in [-0.1, -0.05) is 0 Å². The van der Waals surface area contributed by atoms with Crippen molar-refractivity contribution in [1.82, 2.24) is 0 Å². The molecule has 0 amide bonds. The van der Waals surface area contributed by atoms with Crippen molar-refractivity contribution < 1.29 is 22.3 Å². The minimum absolute atomic E-state index is 0.110. The maximum atomic E-state index is 13.8. The molecule has 0 aromatic heterocycles. The van der Waals surface area contributed by atoms with E-state index >= 15 is 0 Å². The number of sulfone groups is 1. The molecule has 3 rings (SSSR count). The molecule has 2 aliphatic rings. The van der Waals surface area contributed by atoms with Crippen LogP contribution in [-0.4, -0.2) is 27.9 Å². The van der Waals surface area contributed by atoms with Gasteiger partial charge in [0.25, 0.3) is 0 Å². The smallest absolute Gasteiger partial charge is 0.196 e. The van der Waals surface area contributed by atoms with E-state index in [2.05, 4.69) is 0 Å². The van der Waals surface area contributed by atoms with E-state index in [-0.39, 0.29) is 4.90 Å². The van der Waals surface area contributed by atoms with Gasteiger partial charge in [-0.15, -0.1) is 0 Å². The first kappa shape index (κ1) is 12.1. The Morgan fingerprint density at radius 2 is 1.94 bits per heavy atom. The fourth-order valence-electron chi connectivity index (χ4n) is 2.73. The van der Waals surface area contributed by atoms with Gasteiger partial charge in [-0.3, -0.25) is 0 Å². The van der Waals surface area contributed by atoms with Gasteiger partial charge in [0.15, 0.2) is 15.6 Å². The normalized spacial score (nSPS) is 21.4. The van der Waals surface area contributed by atoms with Crippen molar-refractivity contribution in [3.8, 4) is 0 Å². The highest BCUT2D eigenvalue weighted by atomic mass is 32.2. The fraction of sp³-hybridized carbons (Fsp3) is 0.500. The molecule has 0 unspecified atom stereocenters. The Balaban J connectivity index is 2.30. The number of hydrogen-bond donors (Lipinski definition) is 0. The van der Waals surface area contributed by atoms with Crippen LogP contribution in [0.5, 0.6) is 0 Å². The van der Waals surface area contributed by atoms with Gasteiger partial charge in [0.1, 0.15) is 5.82 Å². The first-order valence-corrected chi connectivity index (χ1v) is 7.63. The van der Waals surface area contributed by atoms with Crippen LogP contribution < -0.4 is 0 Å². The van der Waals surface area contributed by atoms with Crippen molar-refractivity contribution in [2.75, 3.05) is 19.5 Å². The van der Waals surface area contributed by atoms with Gasteiger partial charge < -0.3 is 9.47 Å². The molecule has 1 aromatic rings. The summed E-state index contributed by atoms with van der Waals surface area (Å²) in [7, 11) is -3.43. The molecule has 0 N–H and O–H groups in total. The third-order valence-corrected chi connectivity index (χ3v) is 4.59. The van der Waals surface area contributed by atoms with Gasteiger partial charge in [-0.25, -0.2) is 12.8 Å². The molecule has 1 aromatic carbocycles. The lowest BCUT2D eigenvalue weighted by Crippen LogP contribution is -2.26. The molecule has 1 aliphatic heterocycles. The summed E-state index contributed by atoms with van der Waals surface area (Å²) in [5.41, 5.74) is 0.766. The highest BCUT2D eigenvalue weighted by molar-refractivity contribution is 7.90. The molecule has 1 spiro atoms. The summed E-state index contributed by atoms with van der Waals surface area (Å²) in [5, 5.41) is 0. The highest BCUT2D eigenvalue weighted by Crippen LogP contribution is 2.47. The molecule has 1 heterocycles. The molecule has 0 saturated carbocycles. The third kappa shape index (κ3) is 1.60. The monoisotopic (exact) mass is 272 g/mol. The topological polar surface area (TPSA) is 52.6 Å². The van der Waals surface area contributed by atoms with Crippen molar-refractivity contribution in [1.29, 1.82) is 0 Å². The number of fused-ring (bicyclic) bond motifs is 2. The quantitative estimate of drug-likeness (QED) is 0.725.